The molecule has 1 fully saturated rings. The summed E-state index contributed by atoms with van der Waals surface area (Å²) in [5, 5.41) is 13.2. The van der Waals surface area contributed by atoms with Gasteiger partial charge in [-0.05, 0) is 18.4 Å². The summed E-state index contributed by atoms with van der Waals surface area (Å²) in [6.07, 6.45) is 3.50. The Balaban J connectivity index is 1.80. The fourth-order valence-electron chi connectivity index (χ4n) is 1.68. The first-order valence-electron chi connectivity index (χ1n) is 5.32. The molecule has 0 heterocycles. The summed E-state index contributed by atoms with van der Waals surface area (Å²) in [6.45, 7) is 0.675. The first-order chi connectivity index (χ1) is 6.86. The SMILES string of the molecule is O[C@@H](CNC1CCC1)c1ccccc1. The molecule has 14 heavy (non-hydrogen) atoms. The van der Waals surface area contributed by atoms with Crippen molar-refractivity contribution >= 4 is 0 Å². The molecule has 1 atom stereocenters. The van der Waals surface area contributed by atoms with Crippen LogP contribution in [0.2, 0.25) is 0 Å². The zero-order chi connectivity index (χ0) is 9.80. The maximum Gasteiger partial charge on any atom is 0.0914 e. The van der Waals surface area contributed by atoms with Crippen molar-refractivity contribution in [2.45, 2.75) is 31.4 Å². The van der Waals surface area contributed by atoms with E-state index in [2.05, 4.69) is 5.32 Å². The molecule has 2 rings (SSSR count). The Hall–Kier alpha value is -0.860. The van der Waals surface area contributed by atoms with E-state index in [-0.39, 0.29) is 6.10 Å². The van der Waals surface area contributed by atoms with Gasteiger partial charge in [-0.3, -0.25) is 0 Å². The van der Waals surface area contributed by atoms with Gasteiger partial charge in [0, 0.05) is 12.6 Å². The molecular formula is C12H17NO. The molecule has 1 saturated carbocycles. The number of hydrogen-bond donors (Lipinski definition) is 2. The van der Waals surface area contributed by atoms with E-state index < -0.39 is 0 Å². The minimum atomic E-state index is -0.364. The molecule has 0 aliphatic heterocycles. The highest BCUT2D eigenvalue weighted by Gasteiger charge is 2.17. The first kappa shape index (κ1) is 9.69. The zero-order valence-corrected chi connectivity index (χ0v) is 8.32. The van der Waals surface area contributed by atoms with Crippen LogP contribution in [0.4, 0.5) is 0 Å². The first-order valence-corrected chi connectivity index (χ1v) is 5.32. The molecular weight excluding hydrogens is 174 g/mol. The van der Waals surface area contributed by atoms with Gasteiger partial charge < -0.3 is 10.4 Å². The number of aliphatic hydroxyl groups excluding tert-OH is 1. The molecule has 0 unspecified atom stereocenters. The zero-order valence-electron chi connectivity index (χ0n) is 8.32. The van der Waals surface area contributed by atoms with Crippen LogP contribution in [0.1, 0.15) is 30.9 Å². The average molecular weight is 191 g/mol. The Morgan fingerprint density at radius 3 is 2.57 bits per heavy atom. The van der Waals surface area contributed by atoms with Crippen LogP contribution in [0.25, 0.3) is 0 Å². The van der Waals surface area contributed by atoms with Crippen LogP contribution >= 0.6 is 0 Å². The number of aliphatic hydroxyl groups is 1. The van der Waals surface area contributed by atoms with Gasteiger partial charge >= 0.3 is 0 Å². The standard InChI is InChI=1S/C12H17NO/c14-12(9-13-11-7-4-8-11)10-5-2-1-3-6-10/h1-3,5-6,11-14H,4,7-9H2/t12-/m0/s1. The van der Waals surface area contributed by atoms with Gasteiger partial charge in [-0.2, -0.15) is 0 Å². The van der Waals surface area contributed by atoms with Crippen molar-refractivity contribution in [1.82, 2.24) is 5.32 Å². The van der Waals surface area contributed by atoms with Crippen molar-refractivity contribution in [1.29, 1.82) is 0 Å². The third-order valence-electron chi connectivity index (χ3n) is 2.89. The average Bonchev–Trinajstić information content (AvgIpc) is 2.16. The monoisotopic (exact) mass is 191 g/mol. The van der Waals surface area contributed by atoms with Crippen molar-refractivity contribution in [2.75, 3.05) is 6.54 Å². The third kappa shape index (κ3) is 2.34. The lowest BCUT2D eigenvalue weighted by atomic mass is 9.93. The lowest BCUT2D eigenvalue weighted by Crippen LogP contribution is -2.37. The fourth-order valence-corrected chi connectivity index (χ4v) is 1.68. The van der Waals surface area contributed by atoms with E-state index in [1.807, 2.05) is 30.3 Å². The molecule has 1 aromatic carbocycles. The Labute approximate surface area is 85.0 Å². The summed E-state index contributed by atoms with van der Waals surface area (Å²) in [5.41, 5.74) is 0.999. The van der Waals surface area contributed by atoms with Crippen molar-refractivity contribution in [3.63, 3.8) is 0 Å². The van der Waals surface area contributed by atoms with E-state index in [1.54, 1.807) is 0 Å². The normalized spacial score (nSPS) is 18.9. The molecule has 0 aromatic heterocycles. The smallest absolute Gasteiger partial charge is 0.0914 e. The Bertz CT molecular complexity index is 269. The molecule has 0 amide bonds. The molecule has 2 nitrogen and oxygen atoms in total. The van der Waals surface area contributed by atoms with Crippen molar-refractivity contribution < 1.29 is 5.11 Å². The van der Waals surface area contributed by atoms with Gasteiger partial charge in [0.2, 0.25) is 0 Å². The minimum Gasteiger partial charge on any atom is -0.387 e. The van der Waals surface area contributed by atoms with E-state index in [4.69, 9.17) is 0 Å². The van der Waals surface area contributed by atoms with Crippen LogP contribution in [0.5, 0.6) is 0 Å². The van der Waals surface area contributed by atoms with E-state index >= 15 is 0 Å². The summed E-state index contributed by atoms with van der Waals surface area (Å²) in [6, 6.07) is 10.5. The second-order valence-electron chi connectivity index (χ2n) is 3.96. The van der Waals surface area contributed by atoms with E-state index in [1.165, 1.54) is 19.3 Å². The van der Waals surface area contributed by atoms with Gasteiger partial charge in [-0.25, -0.2) is 0 Å². The van der Waals surface area contributed by atoms with Gasteiger partial charge in [0.1, 0.15) is 0 Å². The third-order valence-corrected chi connectivity index (χ3v) is 2.89. The van der Waals surface area contributed by atoms with Crippen LogP contribution in [0.3, 0.4) is 0 Å². The number of nitrogens with one attached hydrogen (secondary N) is 1. The molecule has 1 aliphatic rings. The molecule has 0 saturated heterocycles. The predicted molar refractivity (Wildman–Crippen MR) is 57.0 cm³/mol. The lowest BCUT2D eigenvalue weighted by molar-refractivity contribution is 0.161. The van der Waals surface area contributed by atoms with E-state index in [9.17, 15) is 5.11 Å². The van der Waals surface area contributed by atoms with Crippen LogP contribution in [-0.2, 0) is 0 Å². The Kier molecular flexibility index (Phi) is 3.17. The maximum atomic E-state index is 9.83. The van der Waals surface area contributed by atoms with E-state index in [0.29, 0.717) is 12.6 Å². The maximum absolute atomic E-state index is 9.83. The van der Waals surface area contributed by atoms with Gasteiger partial charge in [0.15, 0.2) is 0 Å². The summed E-state index contributed by atoms with van der Waals surface area (Å²) in [7, 11) is 0. The molecule has 2 heteroatoms. The topological polar surface area (TPSA) is 32.3 Å². The van der Waals surface area contributed by atoms with Crippen LogP contribution in [0.15, 0.2) is 30.3 Å². The highest BCUT2D eigenvalue weighted by Crippen LogP contribution is 2.19. The number of benzene rings is 1. The fraction of sp³-hybridized carbons (Fsp3) is 0.500. The van der Waals surface area contributed by atoms with Crippen LogP contribution < -0.4 is 5.32 Å². The minimum absolute atomic E-state index is 0.364. The van der Waals surface area contributed by atoms with Gasteiger partial charge in [-0.15, -0.1) is 0 Å². The van der Waals surface area contributed by atoms with Crippen molar-refractivity contribution in [3.05, 3.63) is 35.9 Å². The molecule has 0 radical (unpaired) electrons. The largest absolute Gasteiger partial charge is 0.387 e. The summed E-state index contributed by atoms with van der Waals surface area (Å²) in [5.74, 6) is 0. The predicted octanol–water partition coefficient (Wildman–Crippen LogP) is 1.86. The van der Waals surface area contributed by atoms with Gasteiger partial charge in [-0.1, -0.05) is 36.8 Å². The molecule has 0 spiro atoms. The highest BCUT2D eigenvalue weighted by molar-refractivity contribution is 5.17. The molecule has 2 N–H and O–H groups in total. The van der Waals surface area contributed by atoms with Crippen LogP contribution in [-0.4, -0.2) is 17.7 Å². The molecule has 0 bridgehead atoms. The quantitative estimate of drug-likeness (QED) is 0.761. The molecule has 76 valence electrons. The van der Waals surface area contributed by atoms with Gasteiger partial charge in [0.05, 0.1) is 6.10 Å². The number of rotatable bonds is 4. The second-order valence-corrected chi connectivity index (χ2v) is 3.96. The Morgan fingerprint density at radius 1 is 1.29 bits per heavy atom. The highest BCUT2D eigenvalue weighted by atomic mass is 16.3. The second kappa shape index (κ2) is 4.58. The summed E-state index contributed by atoms with van der Waals surface area (Å²) < 4.78 is 0. The summed E-state index contributed by atoms with van der Waals surface area (Å²) in [4.78, 5) is 0. The van der Waals surface area contributed by atoms with Crippen LogP contribution in [0, 0.1) is 0 Å². The van der Waals surface area contributed by atoms with E-state index in [0.717, 1.165) is 5.56 Å². The van der Waals surface area contributed by atoms with Crippen molar-refractivity contribution in [3.8, 4) is 0 Å². The molecule has 1 aliphatic carbocycles. The lowest BCUT2D eigenvalue weighted by Gasteiger charge is -2.27. The Morgan fingerprint density at radius 2 is 2.00 bits per heavy atom. The van der Waals surface area contributed by atoms with Crippen molar-refractivity contribution in [2.24, 2.45) is 0 Å². The summed E-state index contributed by atoms with van der Waals surface area (Å²) >= 11 is 0. The molecule has 1 aromatic rings. The number of hydrogen-bond acceptors (Lipinski definition) is 2. The van der Waals surface area contributed by atoms with Gasteiger partial charge in [0.25, 0.3) is 0 Å².